The van der Waals surface area contributed by atoms with Crippen LogP contribution >= 0.6 is 0 Å². The fourth-order valence-electron chi connectivity index (χ4n) is 5.61. The summed E-state index contributed by atoms with van der Waals surface area (Å²) in [5, 5.41) is 13.7. The first kappa shape index (κ1) is 24.8. The molecule has 0 N–H and O–H groups in total. The monoisotopic (exact) mass is 516 g/mol. The van der Waals surface area contributed by atoms with E-state index in [9.17, 15) is 4.79 Å². The highest BCUT2D eigenvalue weighted by Gasteiger charge is 2.27. The molecule has 3 aliphatic heterocycles. The van der Waals surface area contributed by atoms with Crippen LogP contribution in [-0.4, -0.2) is 107 Å². The zero-order chi connectivity index (χ0) is 25.9. The molecule has 1 atom stereocenters. The molecule has 0 radical (unpaired) electrons. The predicted octanol–water partition coefficient (Wildman–Crippen LogP) is 2.14. The van der Waals surface area contributed by atoms with Gasteiger partial charge in [0.05, 0.1) is 11.8 Å². The largest absolute Gasteiger partial charge is 0.377 e. The maximum Gasteiger partial charge on any atom is 0.272 e. The number of benzene rings is 1. The van der Waals surface area contributed by atoms with Crippen molar-refractivity contribution in [1.82, 2.24) is 29.8 Å². The van der Waals surface area contributed by atoms with Gasteiger partial charge in [0.1, 0.15) is 5.69 Å². The van der Waals surface area contributed by atoms with Crippen LogP contribution in [-0.2, 0) is 11.8 Å². The van der Waals surface area contributed by atoms with Crippen LogP contribution in [0.25, 0.3) is 11.3 Å². The van der Waals surface area contributed by atoms with Crippen LogP contribution in [0, 0.1) is 0 Å². The summed E-state index contributed by atoms with van der Waals surface area (Å²) in [5.41, 5.74) is 2.43. The summed E-state index contributed by atoms with van der Waals surface area (Å²) in [6.07, 6.45) is 2.79. The van der Waals surface area contributed by atoms with E-state index in [1.54, 1.807) is 4.68 Å². The number of nitrogens with zero attached hydrogens (tertiary/aromatic N) is 8. The number of aromatic nitrogens is 4. The van der Waals surface area contributed by atoms with Gasteiger partial charge in [0, 0.05) is 78.1 Å². The molecule has 1 unspecified atom stereocenters. The van der Waals surface area contributed by atoms with E-state index in [-0.39, 0.29) is 5.91 Å². The number of amides is 1. The van der Waals surface area contributed by atoms with Crippen molar-refractivity contribution in [2.75, 3.05) is 75.3 Å². The van der Waals surface area contributed by atoms with Crippen molar-refractivity contribution in [2.24, 2.45) is 7.05 Å². The Morgan fingerprint density at radius 1 is 0.895 bits per heavy atom. The van der Waals surface area contributed by atoms with Crippen molar-refractivity contribution in [3.05, 3.63) is 54.2 Å². The Balaban J connectivity index is 1.01. The first-order valence-corrected chi connectivity index (χ1v) is 13.7. The van der Waals surface area contributed by atoms with Gasteiger partial charge in [0.25, 0.3) is 5.91 Å². The molecule has 5 heterocycles. The molecule has 3 saturated heterocycles. The molecule has 10 heteroatoms. The molecule has 10 nitrogen and oxygen atoms in total. The van der Waals surface area contributed by atoms with Crippen LogP contribution in [0.15, 0.2) is 48.5 Å². The lowest BCUT2D eigenvalue weighted by molar-refractivity contribution is 0.0712. The lowest BCUT2D eigenvalue weighted by atomic mass is 10.1. The van der Waals surface area contributed by atoms with Gasteiger partial charge in [-0.05, 0) is 31.0 Å². The third-order valence-electron chi connectivity index (χ3n) is 7.88. The first-order chi connectivity index (χ1) is 18.6. The van der Waals surface area contributed by atoms with E-state index in [1.807, 2.05) is 48.3 Å². The average Bonchev–Trinajstić information content (AvgIpc) is 3.63. The molecule has 38 heavy (non-hydrogen) atoms. The highest BCUT2D eigenvalue weighted by atomic mass is 16.5. The highest BCUT2D eigenvalue weighted by molar-refractivity contribution is 5.94. The van der Waals surface area contributed by atoms with E-state index >= 15 is 0 Å². The molecule has 1 amide bonds. The van der Waals surface area contributed by atoms with Gasteiger partial charge in [0.15, 0.2) is 11.6 Å². The van der Waals surface area contributed by atoms with Crippen LogP contribution < -0.4 is 9.80 Å². The molecule has 200 valence electrons. The third kappa shape index (κ3) is 5.37. The summed E-state index contributed by atoms with van der Waals surface area (Å²) in [4.78, 5) is 22.2. The third-order valence-corrected chi connectivity index (χ3v) is 7.88. The van der Waals surface area contributed by atoms with Crippen LogP contribution in [0.3, 0.4) is 0 Å². The van der Waals surface area contributed by atoms with Crippen LogP contribution in [0.1, 0.15) is 23.3 Å². The molecule has 0 aliphatic carbocycles. The Kier molecular flexibility index (Phi) is 7.24. The minimum Gasteiger partial charge on any atom is -0.377 e. The minimum atomic E-state index is 0.0156. The Morgan fingerprint density at radius 2 is 1.55 bits per heavy atom. The van der Waals surface area contributed by atoms with Crippen LogP contribution in [0.4, 0.5) is 11.6 Å². The van der Waals surface area contributed by atoms with Gasteiger partial charge in [-0.2, -0.15) is 5.10 Å². The van der Waals surface area contributed by atoms with E-state index < -0.39 is 0 Å². The van der Waals surface area contributed by atoms with Gasteiger partial charge < -0.3 is 19.4 Å². The van der Waals surface area contributed by atoms with Crippen molar-refractivity contribution in [3.63, 3.8) is 0 Å². The summed E-state index contributed by atoms with van der Waals surface area (Å²) in [6, 6.07) is 16.0. The molecule has 3 fully saturated rings. The zero-order valence-electron chi connectivity index (χ0n) is 22.1. The van der Waals surface area contributed by atoms with Crippen LogP contribution in [0.5, 0.6) is 0 Å². The van der Waals surface area contributed by atoms with Gasteiger partial charge in [0.2, 0.25) is 0 Å². The lowest BCUT2D eigenvalue weighted by Gasteiger charge is -2.37. The van der Waals surface area contributed by atoms with Crippen molar-refractivity contribution in [3.8, 4) is 11.3 Å². The van der Waals surface area contributed by atoms with Gasteiger partial charge in [-0.1, -0.05) is 30.3 Å². The second kappa shape index (κ2) is 11.1. The number of ether oxygens (including phenoxy) is 1. The van der Waals surface area contributed by atoms with Gasteiger partial charge in [-0.25, -0.2) is 0 Å². The van der Waals surface area contributed by atoms with Gasteiger partial charge >= 0.3 is 0 Å². The molecule has 0 bridgehead atoms. The van der Waals surface area contributed by atoms with Crippen molar-refractivity contribution < 1.29 is 9.53 Å². The molecular formula is C28H36N8O2. The fourth-order valence-corrected chi connectivity index (χ4v) is 5.61. The number of hydrogen-bond acceptors (Lipinski definition) is 8. The second-order valence-electron chi connectivity index (χ2n) is 10.4. The number of hydrogen-bond donors (Lipinski definition) is 0. The van der Waals surface area contributed by atoms with E-state index in [0.717, 1.165) is 75.3 Å². The van der Waals surface area contributed by atoms with E-state index in [4.69, 9.17) is 4.74 Å². The van der Waals surface area contributed by atoms with Gasteiger partial charge in [-0.3, -0.25) is 14.4 Å². The molecule has 0 saturated carbocycles. The molecule has 0 spiro atoms. The van der Waals surface area contributed by atoms with E-state index in [2.05, 4.69) is 42.1 Å². The maximum atomic E-state index is 13.3. The molecule has 1 aromatic carbocycles. The van der Waals surface area contributed by atoms with Crippen molar-refractivity contribution in [2.45, 2.75) is 18.9 Å². The zero-order valence-corrected chi connectivity index (χ0v) is 22.1. The Hall–Kier alpha value is -3.50. The van der Waals surface area contributed by atoms with Gasteiger partial charge in [-0.15, -0.1) is 10.2 Å². The quantitative estimate of drug-likeness (QED) is 0.493. The smallest absolute Gasteiger partial charge is 0.272 e. The van der Waals surface area contributed by atoms with Crippen molar-refractivity contribution in [1.29, 1.82) is 0 Å². The summed E-state index contributed by atoms with van der Waals surface area (Å²) >= 11 is 0. The summed E-state index contributed by atoms with van der Waals surface area (Å²) in [5.74, 6) is 1.82. The Morgan fingerprint density at radius 3 is 2.16 bits per heavy atom. The number of rotatable bonds is 6. The number of carbonyl (C=O) groups excluding carboxylic acids is 1. The number of piperazine rings is 2. The standard InChI is InChI=1S/C28H36N8O2/c1-32-25(20-24(31-32)22-6-3-2-4-7-22)28(37)36-17-15-35(16-18-36)27-10-9-26(29-30-27)34-13-11-33(12-14-34)21-23-8-5-19-38-23/h2-4,6-7,9-10,20,23H,5,8,11-19,21H2,1H3. The summed E-state index contributed by atoms with van der Waals surface area (Å²) < 4.78 is 7.48. The average molecular weight is 517 g/mol. The molecule has 2 aromatic heterocycles. The number of aryl methyl sites for hydroxylation is 1. The minimum absolute atomic E-state index is 0.0156. The number of anilines is 2. The molecule has 3 aromatic rings. The fraction of sp³-hybridized carbons (Fsp3) is 0.500. The Bertz CT molecular complexity index is 1210. The first-order valence-electron chi connectivity index (χ1n) is 13.7. The topological polar surface area (TPSA) is 82.9 Å². The number of carbonyl (C=O) groups is 1. The highest BCUT2D eigenvalue weighted by Crippen LogP contribution is 2.22. The summed E-state index contributed by atoms with van der Waals surface area (Å²) in [6.45, 7) is 8.67. The Labute approximate surface area is 223 Å². The normalized spacial score (nSPS) is 20.8. The van der Waals surface area contributed by atoms with E-state index in [0.29, 0.717) is 24.9 Å². The lowest BCUT2D eigenvalue weighted by Crippen LogP contribution is -2.49. The maximum absolute atomic E-state index is 13.3. The molecular weight excluding hydrogens is 480 g/mol. The van der Waals surface area contributed by atoms with Crippen LogP contribution in [0.2, 0.25) is 0 Å². The summed E-state index contributed by atoms with van der Waals surface area (Å²) in [7, 11) is 1.83. The molecule has 3 aliphatic rings. The SMILES string of the molecule is Cn1nc(-c2ccccc2)cc1C(=O)N1CCN(c2ccc(N3CCN(CC4CCCO4)CC3)nn2)CC1. The molecule has 6 rings (SSSR count). The van der Waals surface area contributed by atoms with Crippen molar-refractivity contribution >= 4 is 17.5 Å². The predicted molar refractivity (Wildman–Crippen MR) is 146 cm³/mol. The second-order valence-corrected chi connectivity index (χ2v) is 10.4. The van der Waals surface area contributed by atoms with E-state index in [1.165, 1.54) is 12.8 Å².